The first kappa shape index (κ1) is 14.6. The van der Waals surface area contributed by atoms with Gasteiger partial charge in [-0.25, -0.2) is 9.97 Å². The lowest BCUT2D eigenvalue weighted by Crippen LogP contribution is -2.31. The number of H-pyrrole nitrogens is 1. The van der Waals surface area contributed by atoms with Gasteiger partial charge in [-0.05, 0) is 6.07 Å². The Morgan fingerprint density at radius 2 is 2.36 bits per heavy atom. The molecule has 116 valence electrons. The average Bonchev–Trinajstić information content (AvgIpc) is 2.97. The summed E-state index contributed by atoms with van der Waals surface area (Å²) in [6.07, 6.45) is 3.51. The fraction of sp³-hybridized carbons (Fsp3) is 0.467. The maximum atomic E-state index is 11.9. The van der Waals surface area contributed by atoms with Gasteiger partial charge in [-0.3, -0.25) is 14.8 Å². The molecule has 0 aliphatic carbocycles. The second-order valence-electron chi connectivity index (χ2n) is 5.39. The van der Waals surface area contributed by atoms with Gasteiger partial charge in [0.05, 0.1) is 5.69 Å². The highest BCUT2D eigenvalue weighted by Crippen LogP contribution is 2.21. The fourth-order valence-electron chi connectivity index (χ4n) is 2.72. The van der Waals surface area contributed by atoms with Crippen molar-refractivity contribution in [2.45, 2.75) is 32.9 Å². The van der Waals surface area contributed by atoms with E-state index >= 15 is 0 Å². The largest absolute Gasteiger partial charge is 0.354 e. The van der Waals surface area contributed by atoms with Crippen LogP contribution in [0.2, 0.25) is 0 Å². The van der Waals surface area contributed by atoms with E-state index in [0.29, 0.717) is 12.2 Å². The van der Waals surface area contributed by atoms with Crippen LogP contribution in [0.4, 0.5) is 0 Å². The van der Waals surface area contributed by atoms with Crippen LogP contribution in [0.15, 0.2) is 12.3 Å². The molecule has 0 saturated carbocycles. The van der Waals surface area contributed by atoms with Crippen LogP contribution in [0, 0.1) is 0 Å². The standard InChI is InChI=1S/C15H20N6O/c1-3-13-17-6-4-10(18-13)8-21-7-5-12-11(9-21)14(20-19-12)15(22)16-2/h4,6H,3,5,7-9H2,1-2H3,(H,16,22)(H,19,20). The van der Waals surface area contributed by atoms with Gasteiger partial charge in [-0.15, -0.1) is 0 Å². The van der Waals surface area contributed by atoms with Crippen molar-refractivity contribution in [3.63, 3.8) is 0 Å². The van der Waals surface area contributed by atoms with E-state index < -0.39 is 0 Å². The number of nitrogens with one attached hydrogen (secondary N) is 2. The van der Waals surface area contributed by atoms with Gasteiger partial charge < -0.3 is 5.32 Å². The third kappa shape index (κ3) is 2.85. The second-order valence-corrected chi connectivity index (χ2v) is 5.39. The topological polar surface area (TPSA) is 86.8 Å². The Balaban J connectivity index is 1.76. The first-order valence-electron chi connectivity index (χ1n) is 7.52. The molecular formula is C15H20N6O. The summed E-state index contributed by atoms with van der Waals surface area (Å²) in [4.78, 5) is 22.9. The normalized spacial score (nSPS) is 14.6. The summed E-state index contributed by atoms with van der Waals surface area (Å²) in [5.41, 5.74) is 3.57. The van der Waals surface area contributed by atoms with Gasteiger partial charge in [0, 0.05) is 57.0 Å². The minimum absolute atomic E-state index is 0.144. The molecule has 0 fully saturated rings. The highest BCUT2D eigenvalue weighted by atomic mass is 16.1. The van der Waals surface area contributed by atoms with E-state index in [2.05, 4.69) is 30.4 Å². The highest BCUT2D eigenvalue weighted by Gasteiger charge is 2.25. The quantitative estimate of drug-likeness (QED) is 0.867. The van der Waals surface area contributed by atoms with Crippen molar-refractivity contribution in [3.05, 3.63) is 40.7 Å². The zero-order valence-electron chi connectivity index (χ0n) is 12.9. The number of carbonyl (C=O) groups is 1. The molecule has 3 rings (SSSR count). The maximum Gasteiger partial charge on any atom is 0.271 e. The molecule has 3 heterocycles. The first-order valence-corrected chi connectivity index (χ1v) is 7.52. The molecule has 0 radical (unpaired) electrons. The van der Waals surface area contributed by atoms with Crippen molar-refractivity contribution in [1.82, 2.24) is 30.4 Å². The number of fused-ring (bicyclic) bond motifs is 1. The van der Waals surface area contributed by atoms with Crippen molar-refractivity contribution in [2.24, 2.45) is 0 Å². The Kier molecular flexibility index (Phi) is 4.15. The number of rotatable bonds is 4. The number of hydrogen-bond acceptors (Lipinski definition) is 5. The molecule has 1 aliphatic heterocycles. The lowest BCUT2D eigenvalue weighted by atomic mass is 10.0. The molecule has 2 N–H and O–H groups in total. The molecule has 7 heteroatoms. The Hall–Kier alpha value is -2.28. The van der Waals surface area contributed by atoms with Crippen molar-refractivity contribution >= 4 is 5.91 Å². The van der Waals surface area contributed by atoms with Crippen LogP contribution in [0.5, 0.6) is 0 Å². The van der Waals surface area contributed by atoms with E-state index in [1.165, 1.54) is 0 Å². The molecule has 0 spiro atoms. The average molecular weight is 300 g/mol. The molecular weight excluding hydrogens is 280 g/mol. The van der Waals surface area contributed by atoms with Crippen LogP contribution >= 0.6 is 0 Å². The molecule has 7 nitrogen and oxygen atoms in total. The molecule has 2 aromatic rings. The summed E-state index contributed by atoms with van der Waals surface area (Å²) in [6, 6.07) is 1.95. The predicted octanol–water partition coefficient (Wildman–Crippen LogP) is 0.680. The Bertz CT molecular complexity index is 680. The molecule has 1 amide bonds. The second kappa shape index (κ2) is 6.23. The lowest BCUT2D eigenvalue weighted by molar-refractivity contribution is 0.0955. The van der Waals surface area contributed by atoms with Crippen LogP contribution in [-0.2, 0) is 25.9 Å². The molecule has 2 aromatic heterocycles. The SMILES string of the molecule is CCc1nccc(CN2CCc3[nH]nc(C(=O)NC)c3C2)n1. The fourth-order valence-corrected chi connectivity index (χ4v) is 2.72. The van der Waals surface area contributed by atoms with Gasteiger partial charge in [0.2, 0.25) is 0 Å². The number of nitrogens with zero attached hydrogens (tertiary/aromatic N) is 4. The van der Waals surface area contributed by atoms with Gasteiger partial charge in [-0.1, -0.05) is 6.92 Å². The van der Waals surface area contributed by atoms with Crippen molar-refractivity contribution in [3.8, 4) is 0 Å². The zero-order valence-corrected chi connectivity index (χ0v) is 12.9. The van der Waals surface area contributed by atoms with Gasteiger partial charge in [0.25, 0.3) is 5.91 Å². The summed E-state index contributed by atoms with van der Waals surface area (Å²) in [5.74, 6) is 0.721. The van der Waals surface area contributed by atoms with E-state index in [1.54, 1.807) is 7.05 Å². The minimum Gasteiger partial charge on any atom is -0.354 e. The Morgan fingerprint density at radius 1 is 1.50 bits per heavy atom. The number of aryl methyl sites for hydroxylation is 1. The molecule has 0 aromatic carbocycles. The van der Waals surface area contributed by atoms with Crippen LogP contribution in [0.1, 0.15) is 40.2 Å². The summed E-state index contributed by atoms with van der Waals surface area (Å²) < 4.78 is 0. The van der Waals surface area contributed by atoms with Crippen molar-refractivity contribution in [2.75, 3.05) is 13.6 Å². The Morgan fingerprint density at radius 3 is 3.14 bits per heavy atom. The van der Waals surface area contributed by atoms with Gasteiger partial charge in [0.1, 0.15) is 5.82 Å². The predicted molar refractivity (Wildman–Crippen MR) is 81.2 cm³/mol. The third-order valence-electron chi connectivity index (χ3n) is 3.92. The van der Waals surface area contributed by atoms with Crippen LogP contribution in [0.3, 0.4) is 0 Å². The van der Waals surface area contributed by atoms with E-state index in [0.717, 1.165) is 48.7 Å². The number of carbonyl (C=O) groups excluding carboxylic acids is 1. The lowest BCUT2D eigenvalue weighted by Gasteiger charge is -2.26. The van der Waals surface area contributed by atoms with Crippen LogP contribution < -0.4 is 5.32 Å². The van der Waals surface area contributed by atoms with E-state index in [1.807, 2.05) is 19.2 Å². The molecule has 0 saturated heterocycles. The summed E-state index contributed by atoms with van der Waals surface area (Å²) in [7, 11) is 1.62. The summed E-state index contributed by atoms with van der Waals surface area (Å²) >= 11 is 0. The maximum absolute atomic E-state index is 11.9. The number of hydrogen-bond donors (Lipinski definition) is 2. The van der Waals surface area contributed by atoms with Gasteiger partial charge >= 0.3 is 0 Å². The smallest absolute Gasteiger partial charge is 0.271 e. The minimum atomic E-state index is -0.144. The Labute approximate surface area is 129 Å². The monoisotopic (exact) mass is 300 g/mol. The molecule has 1 aliphatic rings. The van der Waals surface area contributed by atoms with Crippen molar-refractivity contribution in [1.29, 1.82) is 0 Å². The number of aromatic nitrogens is 4. The number of aromatic amines is 1. The van der Waals surface area contributed by atoms with Crippen LogP contribution in [0.25, 0.3) is 0 Å². The van der Waals surface area contributed by atoms with E-state index in [9.17, 15) is 4.79 Å². The molecule has 22 heavy (non-hydrogen) atoms. The zero-order chi connectivity index (χ0) is 15.5. The van der Waals surface area contributed by atoms with E-state index in [-0.39, 0.29) is 5.91 Å². The number of amides is 1. The molecule has 0 atom stereocenters. The van der Waals surface area contributed by atoms with Gasteiger partial charge in [0.15, 0.2) is 5.69 Å². The molecule has 0 bridgehead atoms. The van der Waals surface area contributed by atoms with E-state index in [4.69, 9.17) is 0 Å². The highest BCUT2D eigenvalue weighted by molar-refractivity contribution is 5.93. The van der Waals surface area contributed by atoms with Gasteiger partial charge in [-0.2, -0.15) is 5.10 Å². The van der Waals surface area contributed by atoms with Crippen molar-refractivity contribution < 1.29 is 4.79 Å². The third-order valence-corrected chi connectivity index (χ3v) is 3.92. The molecule has 0 unspecified atom stereocenters. The summed E-state index contributed by atoms with van der Waals surface area (Å²) in [6.45, 7) is 4.44. The summed E-state index contributed by atoms with van der Waals surface area (Å²) in [5, 5.41) is 9.77. The van der Waals surface area contributed by atoms with Crippen LogP contribution in [-0.4, -0.2) is 44.6 Å². The first-order chi connectivity index (χ1) is 10.7.